The Morgan fingerprint density at radius 3 is 2.82 bits per heavy atom. The summed E-state index contributed by atoms with van der Waals surface area (Å²) >= 11 is 5.43. The molecule has 0 saturated heterocycles. The van der Waals surface area contributed by atoms with Gasteiger partial charge in [-0.05, 0) is 25.1 Å². The molecule has 1 aromatic rings. The molecule has 0 saturated carbocycles. The number of aryl methyl sites for hydroxylation is 1. The van der Waals surface area contributed by atoms with E-state index in [0.29, 0.717) is 11.7 Å². The van der Waals surface area contributed by atoms with Crippen LogP contribution in [0, 0.1) is 6.92 Å². The fourth-order valence-electron chi connectivity index (χ4n) is 0.753. The smallest absolute Gasteiger partial charge is 0.245 e. The van der Waals surface area contributed by atoms with E-state index < -0.39 is 0 Å². The van der Waals surface area contributed by atoms with Crippen LogP contribution >= 0.6 is 11.8 Å². The summed E-state index contributed by atoms with van der Waals surface area (Å²) < 4.78 is 4.90. The van der Waals surface area contributed by atoms with Gasteiger partial charge in [0.15, 0.2) is 5.82 Å². The summed E-state index contributed by atoms with van der Waals surface area (Å²) in [6, 6.07) is -0.0436. The standard InChI is InChI=1S/C6H10ClN3O/c1-3-5(9-7)6-8-4(2)10-11-6/h5,9H,3H2,1-2H3/t5-/m1/s1. The van der Waals surface area contributed by atoms with E-state index in [4.69, 9.17) is 16.3 Å². The van der Waals surface area contributed by atoms with Crippen molar-refractivity contribution >= 4 is 11.8 Å². The summed E-state index contributed by atoms with van der Waals surface area (Å²) in [5, 5.41) is 3.65. The zero-order valence-corrected chi connectivity index (χ0v) is 7.22. The molecule has 1 heterocycles. The molecule has 0 aromatic carbocycles. The number of halogens is 1. The molecule has 1 rings (SSSR count). The highest BCUT2D eigenvalue weighted by atomic mass is 35.5. The van der Waals surface area contributed by atoms with Crippen LogP contribution in [0.2, 0.25) is 0 Å². The van der Waals surface area contributed by atoms with Crippen molar-refractivity contribution in [2.45, 2.75) is 26.3 Å². The number of nitrogens with zero attached hydrogens (tertiary/aromatic N) is 2. The fraction of sp³-hybridized carbons (Fsp3) is 0.667. The lowest BCUT2D eigenvalue weighted by atomic mass is 10.2. The predicted molar refractivity (Wildman–Crippen MR) is 41.1 cm³/mol. The van der Waals surface area contributed by atoms with Gasteiger partial charge in [-0.25, -0.2) is 4.84 Å². The maximum absolute atomic E-state index is 5.43. The molecular formula is C6H10ClN3O. The third-order valence-electron chi connectivity index (χ3n) is 1.38. The monoisotopic (exact) mass is 175 g/mol. The highest BCUT2D eigenvalue weighted by Gasteiger charge is 2.13. The molecule has 0 unspecified atom stereocenters. The molecule has 1 aromatic heterocycles. The van der Waals surface area contributed by atoms with Crippen molar-refractivity contribution in [1.29, 1.82) is 0 Å². The Hall–Kier alpha value is -0.610. The predicted octanol–water partition coefficient (Wildman–Crippen LogP) is 1.57. The first-order valence-corrected chi connectivity index (χ1v) is 3.82. The lowest BCUT2D eigenvalue weighted by molar-refractivity contribution is 0.342. The molecule has 0 fully saturated rings. The van der Waals surface area contributed by atoms with Gasteiger partial charge in [-0.2, -0.15) is 4.98 Å². The minimum absolute atomic E-state index is 0.0436. The van der Waals surface area contributed by atoms with E-state index in [1.54, 1.807) is 6.92 Å². The molecule has 0 radical (unpaired) electrons. The maximum Gasteiger partial charge on any atom is 0.245 e. The van der Waals surface area contributed by atoms with Gasteiger partial charge in [0.25, 0.3) is 0 Å². The number of aromatic nitrogens is 2. The highest BCUT2D eigenvalue weighted by molar-refractivity contribution is 6.13. The number of nitrogens with one attached hydrogen (secondary N) is 1. The third kappa shape index (κ3) is 1.91. The summed E-state index contributed by atoms with van der Waals surface area (Å²) in [4.78, 5) is 6.59. The second kappa shape index (κ2) is 3.69. The molecule has 5 heteroatoms. The Kier molecular flexibility index (Phi) is 2.84. The van der Waals surface area contributed by atoms with Crippen LogP contribution < -0.4 is 4.84 Å². The molecule has 0 bridgehead atoms. The molecule has 0 aliphatic rings. The topological polar surface area (TPSA) is 51.0 Å². The summed E-state index contributed by atoms with van der Waals surface area (Å²) in [6.45, 7) is 3.76. The molecule has 0 aliphatic carbocycles. The van der Waals surface area contributed by atoms with Gasteiger partial charge in [0.05, 0.1) is 0 Å². The molecule has 62 valence electrons. The van der Waals surface area contributed by atoms with Crippen molar-refractivity contribution in [2.24, 2.45) is 0 Å². The van der Waals surface area contributed by atoms with Gasteiger partial charge in [0, 0.05) is 0 Å². The molecule has 0 amide bonds. The van der Waals surface area contributed by atoms with Crippen molar-refractivity contribution in [3.05, 3.63) is 11.7 Å². The molecule has 4 nitrogen and oxygen atoms in total. The zero-order valence-electron chi connectivity index (χ0n) is 6.47. The highest BCUT2D eigenvalue weighted by Crippen LogP contribution is 2.13. The van der Waals surface area contributed by atoms with Crippen LogP contribution in [0.15, 0.2) is 4.52 Å². The summed E-state index contributed by atoms with van der Waals surface area (Å²) in [6.07, 6.45) is 0.825. The van der Waals surface area contributed by atoms with Crippen LogP contribution in [0.25, 0.3) is 0 Å². The van der Waals surface area contributed by atoms with Crippen LogP contribution in [0.5, 0.6) is 0 Å². The molecule has 0 aliphatic heterocycles. The largest absolute Gasteiger partial charge is 0.338 e. The van der Waals surface area contributed by atoms with E-state index in [9.17, 15) is 0 Å². The van der Waals surface area contributed by atoms with Crippen LogP contribution in [-0.4, -0.2) is 10.1 Å². The minimum atomic E-state index is -0.0436. The van der Waals surface area contributed by atoms with Gasteiger partial charge in [0.2, 0.25) is 5.89 Å². The molecule has 11 heavy (non-hydrogen) atoms. The van der Waals surface area contributed by atoms with Crippen LogP contribution in [-0.2, 0) is 0 Å². The van der Waals surface area contributed by atoms with E-state index in [-0.39, 0.29) is 6.04 Å². The van der Waals surface area contributed by atoms with Gasteiger partial charge in [-0.1, -0.05) is 12.1 Å². The van der Waals surface area contributed by atoms with E-state index in [0.717, 1.165) is 6.42 Å². The lowest BCUT2D eigenvalue weighted by Crippen LogP contribution is -2.10. The van der Waals surface area contributed by atoms with Gasteiger partial charge >= 0.3 is 0 Å². The van der Waals surface area contributed by atoms with Gasteiger partial charge in [-0.15, -0.1) is 0 Å². The van der Waals surface area contributed by atoms with Crippen molar-refractivity contribution in [3.8, 4) is 0 Å². The molecule has 1 N–H and O–H groups in total. The Balaban J connectivity index is 2.73. The number of rotatable bonds is 3. The second-order valence-electron chi connectivity index (χ2n) is 2.25. The Morgan fingerprint density at radius 1 is 1.73 bits per heavy atom. The normalized spacial score (nSPS) is 13.4. The van der Waals surface area contributed by atoms with E-state index in [1.165, 1.54) is 0 Å². The quantitative estimate of drug-likeness (QED) is 0.709. The Labute approximate surface area is 70.0 Å². The van der Waals surface area contributed by atoms with E-state index >= 15 is 0 Å². The van der Waals surface area contributed by atoms with Crippen LogP contribution in [0.4, 0.5) is 0 Å². The average molecular weight is 176 g/mol. The first-order chi connectivity index (χ1) is 5.27. The SMILES string of the molecule is CC[C@@H](NCl)c1nc(C)no1. The number of hydrogen-bond acceptors (Lipinski definition) is 4. The van der Waals surface area contributed by atoms with E-state index in [1.807, 2.05) is 6.92 Å². The molecule has 0 spiro atoms. The zero-order chi connectivity index (χ0) is 8.27. The van der Waals surface area contributed by atoms with Crippen molar-refractivity contribution in [3.63, 3.8) is 0 Å². The van der Waals surface area contributed by atoms with Crippen molar-refractivity contribution in [1.82, 2.24) is 15.0 Å². The van der Waals surface area contributed by atoms with Crippen LogP contribution in [0.3, 0.4) is 0 Å². The summed E-state index contributed by atoms with van der Waals surface area (Å²) in [7, 11) is 0. The van der Waals surface area contributed by atoms with Crippen molar-refractivity contribution in [2.75, 3.05) is 0 Å². The van der Waals surface area contributed by atoms with E-state index in [2.05, 4.69) is 15.0 Å². The van der Waals surface area contributed by atoms with Gasteiger partial charge in [-0.3, -0.25) is 0 Å². The minimum Gasteiger partial charge on any atom is -0.338 e. The Bertz CT molecular complexity index is 221. The fourth-order valence-corrected chi connectivity index (χ4v) is 1.00. The van der Waals surface area contributed by atoms with Crippen molar-refractivity contribution < 1.29 is 4.52 Å². The molecular weight excluding hydrogens is 166 g/mol. The molecule has 1 atom stereocenters. The lowest BCUT2D eigenvalue weighted by Gasteiger charge is -2.04. The number of hydrogen-bond donors (Lipinski definition) is 1. The van der Waals surface area contributed by atoms with Gasteiger partial charge in [0.1, 0.15) is 6.04 Å². The van der Waals surface area contributed by atoms with Gasteiger partial charge < -0.3 is 4.52 Å². The average Bonchev–Trinajstić information content (AvgIpc) is 2.39. The summed E-state index contributed by atoms with van der Waals surface area (Å²) in [5.41, 5.74) is 0. The first-order valence-electron chi connectivity index (χ1n) is 3.44. The second-order valence-corrected chi connectivity index (χ2v) is 2.47. The third-order valence-corrected chi connectivity index (χ3v) is 1.64. The maximum atomic E-state index is 5.43. The Morgan fingerprint density at radius 2 is 2.45 bits per heavy atom. The van der Waals surface area contributed by atoms with Crippen LogP contribution in [0.1, 0.15) is 31.1 Å². The summed E-state index contributed by atoms with van der Waals surface area (Å²) in [5.74, 6) is 1.17. The first kappa shape index (κ1) is 8.49.